The summed E-state index contributed by atoms with van der Waals surface area (Å²) in [4.78, 5) is 14.1. The van der Waals surface area contributed by atoms with E-state index in [4.69, 9.17) is 5.73 Å². The van der Waals surface area contributed by atoms with Crippen LogP contribution in [0.3, 0.4) is 0 Å². The van der Waals surface area contributed by atoms with E-state index in [2.05, 4.69) is 13.8 Å². The number of fused-ring (bicyclic) bond motifs is 1. The van der Waals surface area contributed by atoms with E-state index in [1.165, 1.54) is 0 Å². The third-order valence-corrected chi connectivity index (χ3v) is 3.65. The second kappa shape index (κ2) is 4.78. The van der Waals surface area contributed by atoms with Crippen LogP contribution in [0.5, 0.6) is 0 Å². The summed E-state index contributed by atoms with van der Waals surface area (Å²) < 4.78 is 0. The summed E-state index contributed by atoms with van der Waals surface area (Å²) in [6.07, 6.45) is 2.25. The maximum atomic E-state index is 12.2. The van der Waals surface area contributed by atoms with Crippen LogP contribution in [0.15, 0.2) is 18.2 Å². The van der Waals surface area contributed by atoms with Gasteiger partial charge in [-0.1, -0.05) is 32.8 Å². The number of carbonyl (C=O) groups excluding carboxylic acids is 1. The van der Waals surface area contributed by atoms with Crippen molar-refractivity contribution in [3.63, 3.8) is 0 Å². The lowest BCUT2D eigenvalue weighted by atomic mass is 10.0. The van der Waals surface area contributed by atoms with Gasteiger partial charge in [-0.05, 0) is 23.6 Å². The molecule has 1 aromatic rings. The summed E-state index contributed by atoms with van der Waals surface area (Å²) in [5.41, 5.74) is 8.28. The van der Waals surface area contributed by atoms with Crippen LogP contribution in [0.1, 0.15) is 42.6 Å². The molecule has 0 fully saturated rings. The Morgan fingerprint density at radius 1 is 1.35 bits per heavy atom. The van der Waals surface area contributed by atoms with Crippen LogP contribution in [0, 0.1) is 5.92 Å². The molecule has 3 heteroatoms. The standard InChI is InChI=1S/C14H20N2O/c1-3-10(4-2)8-16-9-11-5-6-12(15)7-13(11)14(16)17/h5-7,10H,3-4,8-9,15H2,1-2H3. The highest BCUT2D eigenvalue weighted by atomic mass is 16.2. The number of carbonyl (C=O) groups is 1. The van der Waals surface area contributed by atoms with Crippen LogP contribution in [0.4, 0.5) is 5.69 Å². The van der Waals surface area contributed by atoms with E-state index in [0.717, 1.165) is 37.1 Å². The summed E-state index contributed by atoms with van der Waals surface area (Å²) >= 11 is 0. The predicted octanol–water partition coefficient (Wildman–Crippen LogP) is 2.66. The second-order valence-electron chi connectivity index (χ2n) is 4.78. The fourth-order valence-corrected chi connectivity index (χ4v) is 2.38. The van der Waals surface area contributed by atoms with Crippen molar-refractivity contribution in [1.82, 2.24) is 4.90 Å². The third kappa shape index (κ3) is 2.28. The van der Waals surface area contributed by atoms with Gasteiger partial charge in [0.05, 0.1) is 0 Å². The summed E-state index contributed by atoms with van der Waals surface area (Å²) in [5, 5.41) is 0. The SMILES string of the molecule is CCC(CC)CN1Cc2ccc(N)cc2C1=O. The number of nitrogens with zero attached hydrogens (tertiary/aromatic N) is 1. The maximum absolute atomic E-state index is 12.2. The van der Waals surface area contributed by atoms with E-state index in [1.807, 2.05) is 17.0 Å². The van der Waals surface area contributed by atoms with Gasteiger partial charge in [-0.25, -0.2) is 0 Å². The van der Waals surface area contributed by atoms with E-state index in [9.17, 15) is 4.79 Å². The van der Waals surface area contributed by atoms with Gasteiger partial charge in [-0.3, -0.25) is 4.79 Å². The van der Waals surface area contributed by atoms with E-state index < -0.39 is 0 Å². The quantitative estimate of drug-likeness (QED) is 0.811. The van der Waals surface area contributed by atoms with Crippen molar-refractivity contribution < 1.29 is 4.79 Å². The minimum Gasteiger partial charge on any atom is -0.399 e. The van der Waals surface area contributed by atoms with E-state index in [-0.39, 0.29) is 5.91 Å². The van der Waals surface area contributed by atoms with Crippen molar-refractivity contribution in [2.75, 3.05) is 12.3 Å². The minimum absolute atomic E-state index is 0.138. The number of nitrogen functional groups attached to an aromatic ring is 1. The normalized spacial score (nSPS) is 14.5. The lowest BCUT2D eigenvalue weighted by molar-refractivity contribution is 0.0749. The average molecular weight is 232 g/mol. The van der Waals surface area contributed by atoms with Crippen LogP contribution in [-0.4, -0.2) is 17.4 Å². The van der Waals surface area contributed by atoms with E-state index in [1.54, 1.807) is 6.07 Å². The van der Waals surface area contributed by atoms with Gasteiger partial charge in [-0.15, -0.1) is 0 Å². The molecule has 2 rings (SSSR count). The van der Waals surface area contributed by atoms with Gasteiger partial charge in [0.2, 0.25) is 0 Å². The molecule has 0 atom stereocenters. The second-order valence-corrected chi connectivity index (χ2v) is 4.78. The Hall–Kier alpha value is -1.51. The number of hydrogen-bond acceptors (Lipinski definition) is 2. The van der Waals surface area contributed by atoms with E-state index in [0.29, 0.717) is 11.6 Å². The first-order chi connectivity index (χ1) is 8.15. The zero-order valence-electron chi connectivity index (χ0n) is 10.6. The first kappa shape index (κ1) is 12.0. The number of benzene rings is 1. The molecule has 0 bridgehead atoms. The molecule has 0 unspecified atom stereocenters. The molecule has 0 aliphatic carbocycles. The van der Waals surface area contributed by atoms with Crippen molar-refractivity contribution in [3.05, 3.63) is 29.3 Å². The maximum Gasteiger partial charge on any atom is 0.254 e. The van der Waals surface area contributed by atoms with Crippen LogP contribution < -0.4 is 5.73 Å². The number of nitrogens with two attached hydrogens (primary N) is 1. The zero-order chi connectivity index (χ0) is 12.4. The molecule has 0 aromatic heterocycles. The zero-order valence-corrected chi connectivity index (χ0v) is 10.6. The van der Waals surface area contributed by atoms with Crippen LogP contribution in [-0.2, 0) is 6.54 Å². The fourth-order valence-electron chi connectivity index (χ4n) is 2.38. The van der Waals surface area contributed by atoms with Crippen LogP contribution in [0.2, 0.25) is 0 Å². The fraction of sp³-hybridized carbons (Fsp3) is 0.500. The molecule has 92 valence electrons. The molecule has 17 heavy (non-hydrogen) atoms. The Balaban J connectivity index is 2.14. The van der Waals surface area contributed by atoms with Crippen LogP contribution in [0.25, 0.3) is 0 Å². The van der Waals surface area contributed by atoms with Gasteiger partial charge in [-0.2, -0.15) is 0 Å². The number of hydrogen-bond donors (Lipinski definition) is 1. The first-order valence-corrected chi connectivity index (χ1v) is 6.33. The van der Waals surface area contributed by atoms with Gasteiger partial charge < -0.3 is 10.6 Å². The molecular weight excluding hydrogens is 212 g/mol. The van der Waals surface area contributed by atoms with Gasteiger partial charge in [0.25, 0.3) is 5.91 Å². The highest BCUT2D eigenvalue weighted by molar-refractivity contribution is 5.99. The monoisotopic (exact) mass is 232 g/mol. The van der Waals surface area contributed by atoms with Crippen molar-refractivity contribution >= 4 is 11.6 Å². The molecule has 1 aliphatic heterocycles. The van der Waals surface area contributed by atoms with Crippen molar-refractivity contribution in [1.29, 1.82) is 0 Å². The lowest BCUT2D eigenvalue weighted by Crippen LogP contribution is -2.29. The molecule has 1 aliphatic rings. The first-order valence-electron chi connectivity index (χ1n) is 6.33. The summed E-state index contributed by atoms with van der Waals surface area (Å²) in [6, 6.07) is 5.63. The average Bonchev–Trinajstić information content (AvgIpc) is 2.63. The Morgan fingerprint density at radius 3 is 2.71 bits per heavy atom. The molecule has 0 saturated heterocycles. The Kier molecular flexibility index (Phi) is 3.36. The molecule has 3 nitrogen and oxygen atoms in total. The lowest BCUT2D eigenvalue weighted by Gasteiger charge is -2.21. The molecule has 1 aromatic carbocycles. The molecule has 2 N–H and O–H groups in total. The Bertz CT molecular complexity index is 424. The van der Waals surface area contributed by atoms with Gasteiger partial charge in [0.1, 0.15) is 0 Å². The molecule has 0 spiro atoms. The van der Waals surface area contributed by atoms with Crippen molar-refractivity contribution in [2.45, 2.75) is 33.2 Å². The number of amides is 1. The highest BCUT2D eigenvalue weighted by Gasteiger charge is 2.28. The Morgan fingerprint density at radius 2 is 2.06 bits per heavy atom. The van der Waals surface area contributed by atoms with Gasteiger partial charge >= 0.3 is 0 Å². The molecule has 1 amide bonds. The molecule has 1 heterocycles. The smallest absolute Gasteiger partial charge is 0.254 e. The molecular formula is C14H20N2O. The number of rotatable bonds is 4. The largest absolute Gasteiger partial charge is 0.399 e. The summed E-state index contributed by atoms with van der Waals surface area (Å²) in [7, 11) is 0. The molecule has 0 saturated carbocycles. The summed E-state index contributed by atoms with van der Waals surface area (Å²) in [5.74, 6) is 0.741. The third-order valence-electron chi connectivity index (χ3n) is 3.65. The van der Waals surface area contributed by atoms with E-state index >= 15 is 0 Å². The van der Waals surface area contributed by atoms with Crippen molar-refractivity contribution in [2.24, 2.45) is 5.92 Å². The summed E-state index contributed by atoms with van der Waals surface area (Å²) in [6.45, 7) is 5.96. The van der Waals surface area contributed by atoms with Crippen molar-refractivity contribution in [3.8, 4) is 0 Å². The highest BCUT2D eigenvalue weighted by Crippen LogP contribution is 2.26. The van der Waals surface area contributed by atoms with Gasteiger partial charge in [0.15, 0.2) is 0 Å². The minimum atomic E-state index is 0.138. The number of anilines is 1. The Labute approximate surface area is 103 Å². The van der Waals surface area contributed by atoms with Crippen LogP contribution >= 0.6 is 0 Å². The topological polar surface area (TPSA) is 46.3 Å². The predicted molar refractivity (Wildman–Crippen MR) is 69.7 cm³/mol. The van der Waals surface area contributed by atoms with Gasteiger partial charge in [0, 0.05) is 24.3 Å². The molecule has 0 radical (unpaired) electrons.